The summed E-state index contributed by atoms with van der Waals surface area (Å²) in [6.45, 7) is 0.162. The van der Waals surface area contributed by atoms with Crippen molar-refractivity contribution >= 4 is 17.8 Å². The number of fused-ring (bicyclic) bond motifs is 1. The van der Waals surface area contributed by atoms with Crippen molar-refractivity contribution < 1.29 is 29.0 Å². The predicted molar refractivity (Wildman–Crippen MR) is 99.4 cm³/mol. The molecule has 2 aliphatic rings. The Labute approximate surface area is 163 Å². The van der Waals surface area contributed by atoms with Crippen molar-refractivity contribution in [3.05, 3.63) is 30.3 Å². The zero-order chi connectivity index (χ0) is 20.1. The molecule has 3 atom stereocenters. The summed E-state index contributed by atoms with van der Waals surface area (Å²) in [5.41, 5.74) is -0.396. The summed E-state index contributed by atoms with van der Waals surface area (Å²) < 4.78 is 10.3. The number of esters is 1. The maximum atomic E-state index is 12.6. The van der Waals surface area contributed by atoms with Crippen LogP contribution in [0.4, 0.5) is 0 Å². The van der Waals surface area contributed by atoms with E-state index < -0.39 is 17.4 Å². The zero-order valence-corrected chi connectivity index (χ0v) is 15.9. The average Bonchev–Trinajstić information content (AvgIpc) is 3.34. The monoisotopic (exact) mass is 390 g/mol. The van der Waals surface area contributed by atoms with Crippen LogP contribution in [-0.2, 0) is 19.1 Å². The molecule has 1 aliphatic heterocycles. The van der Waals surface area contributed by atoms with E-state index in [1.54, 1.807) is 0 Å². The molecule has 1 heterocycles. The Bertz CT molecular complexity index is 725. The lowest BCUT2D eigenvalue weighted by Gasteiger charge is -2.25. The Morgan fingerprint density at radius 3 is 2.68 bits per heavy atom. The quantitative estimate of drug-likeness (QED) is 0.470. The van der Waals surface area contributed by atoms with Crippen molar-refractivity contribution in [2.45, 2.75) is 37.8 Å². The molecule has 152 valence electrons. The van der Waals surface area contributed by atoms with Crippen LogP contribution < -0.4 is 10.1 Å². The Kier molecular flexibility index (Phi) is 6.18. The minimum Gasteiger partial charge on any atom is -0.494 e. The summed E-state index contributed by atoms with van der Waals surface area (Å²) in [7, 11) is 1.28. The number of aliphatic hydroxyl groups excluding tert-OH is 1. The van der Waals surface area contributed by atoms with Gasteiger partial charge in [-0.05, 0) is 31.4 Å². The molecule has 0 bridgehead atoms. The Hall–Kier alpha value is -2.61. The minimum absolute atomic E-state index is 0.0668. The number of carbonyl (C=O) groups excluding carboxylic acids is 3. The van der Waals surface area contributed by atoms with Gasteiger partial charge in [-0.25, -0.2) is 4.79 Å². The number of rotatable bonds is 9. The smallest absolute Gasteiger partial charge is 0.328 e. The number of benzene rings is 1. The molecule has 1 aromatic carbocycles. The van der Waals surface area contributed by atoms with E-state index in [2.05, 4.69) is 5.32 Å². The largest absolute Gasteiger partial charge is 0.494 e. The van der Waals surface area contributed by atoms with Crippen LogP contribution in [0.25, 0.3) is 0 Å². The second kappa shape index (κ2) is 8.60. The summed E-state index contributed by atoms with van der Waals surface area (Å²) in [6, 6.07) is 8.48. The highest BCUT2D eigenvalue weighted by atomic mass is 16.5. The lowest BCUT2D eigenvalue weighted by molar-refractivity contribution is -0.151. The van der Waals surface area contributed by atoms with Crippen LogP contribution in [0.5, 0.6) is 5.75 Å². The molecule has 8 nitrogen and oxygen atoms in total. The lowest BCUT2D eigenvalue weighted by atomic mass is 10.0. The molecular weight excluding hydrogens is 364 g/mol. The van der Waals surface area contributed by atoms with Gasteiger partial charge in [-0.2, -0.15) is 0 Å². The lowest BCUT2D eigenvalue weighted by Crippen LogP contribution is -2.47. The topological polar surface area (TPSA) is 105 Å². The Balaban J connectivity index is 1.41. The third-order valence-electron chi connectivity index (χ3n) is 5.49. The van der Waals surface area contributed by atoms with Crippen LogP contribution in [0, 0.1) is 5.41 Å². The van der Waals surface area contributed by atoms with Gasteiger partial charge in [0, 0.05) is 17.9 Å². The molecule has 1 saturated carbocycles. The van der Waals surface area contributed by atoms with Gasteiger partial charge in [0.2, 0.25) is 11.8 Å². The second-order valence-corrected chi connectivity index (χ2v) is 7.33. The molecule has 8 heteroatoms. The molecule has 3 rings (SSSR count). The molecule has 1 aliphatic carbocycles. The maximum absolute atomic E-state index is 12.6. The van der Waals surface area contributed by atoms with E-state index in [-0.39, 0.29) is 37.4 Å². The van der Waals surface area contributed by atoms with Gasteiger partial charge in [-0.1, -0.05) is 18.2 Å². The standard InChI is InChI=1S/C20H26N2O6/c1-27-19(26)15-10-20(13-23)11-16(20)22(15)18(25)12-21-17(24)8-5-9-28-14-6-3-2-4-7-14/h2-4,6-7,15-16,23H,5,8-13H2,1H3,(H,21,24)/t15-,16-,20+/m0/s1. The van der Waals surface area contributed by atoms with Gasteiger partial charge < -0.3 is 24.8 Å². The highest BCUT2D eigenvalue weighted by molar-refractivity contribution is 5.90. The second-order valence-electron chi connectivity index (χ2n) is 7.33. The van der Waals surface area contributed by atoms with E-state index in [1.807, 2.05) is 30.3 Å². The average molecular weight is 390 g/mol. The van der Waals surface area contributed by atoms with Gasteiger partial charge >= 0.3 is 5.97 Å². The summed E-state index contributed by atoms with van der Waals surface area (Å²) in [4.78, 5) is 38.0. The zero-order valence-electron chi connectivity index (χ0n) is 15.9. The number of piperidine rings is 1. The van der Waals surface area contributed by atoms with E-state index in [4.69, 9.17) is 9.47 Å². The predicted octanol–water partition coefficient (Wildman–Crippen LogP) is 0.487. The summed E-state index contributed by atoms with van der Waals surface area (Å²) in [5, 5.41) is 12.2. The number of nitrogens with zero attached hydrogens (tertiary/aromatic N) is 1. The van der Waals surface area contributed by atoms with Crippen molar-refractivity contribution in [2.24, 2.45) is 5.41 Å². The Morgan fingerprint density at radius 1 is 1.25 bits per heavy atom. The van der Waals surface area contributed by atoms with E-state index in [0.717, 1.165) is 5.75 Å². The number of methoxy groups -OCH3 is 1. The third kappa shape index (κ3) is 4.27. The van der Waals surface area contributed by atoms with Gasteiger partial charge in [-0.3, -0.25) is 9.59 Å². The van der Waals surface area contributed by atoms with Gasteiger partial charge in [0.25, 0.3) is 0 Å². The SMILES string of the molecule is COC(=O)[C@@H]1C[C@]2(CO)C[C@@H]2N1C(=O)CNC(=O)CCCOc1ccccc1. The van der Waals surface area contributed by atoms with Crippen molar-refractivity contribution in [3.8, 4) is 5.75 Å². The van der Waals surface area contributed by atoms with Gasteiger partial charge in [0.05, 0.1) is 26.9 Å². The first kappa shape index (κ1) is 20.1. The number of hydrogen-bond donors (Lipinski definition) is 2. The van der Waals surface area contributed by atoms with Gasteiger partial charge in [0.15, 0.2) is 0 Å². The van der Waals surface area contributed by atoms with Crippen LogP contribution in [0.2, 0.25) is 0 Å². The Morgan fingerprint density at radius 2 is 2.00 bits per heavy atom. The molecule has 2 amide bonds. The number of ether oxygens (including phenoxy) is 2. The van der Waals surface area contributed by atoms with Crippen molar-refractivity contribution in [1.82, 2.24) is 10.2 Å². The molecule has 28 heavy (non-hydrogen) atoms. The van der Waals surface area contributed by atoms with E-state index in [1.165, 1.54) is 12.0 Å². The van der Waals surface area contributed by atoms with Crippen LogP contribution >= 0.6 is 0 Å². The molecule has 2 fully saturated rings. The van der Waals surface area contributed by atoms with Crippen LogP contribution in [0.3, 0.4) is 0 Å². The first-order chi connectivity index (χ1) is 13.5. The van der Waals surface area contributed by atoms with E-state index in [0.29, 0.717) is 25.9 Å². The number of para-hydroxylation sites is 1. The fourth-order valence-corrected chi connectivity index (χ4v) is 3.85. The molecule has 0 spiro atoms. The normalized spacial score (nSPS) is 25.0. The number of carbonyl (C=O) groups is 3. The van der Waals surface area contributed by atoms with Crippen molar-refractivity contribution in [3.63, 3.8) is 0 Å². The fraction of sp³-hybridized carbons (Fsp3) is 0.550. The summed E-state index contributed by atoms with van der Waals surface area (Å²) in [6.07, 6.45) is 1.84. The molecule has 1 aromatic rings. The molecule has 0 radical (unpaired) electrons. The summed E-state index contributed by atoms with van der Waals surface area (Å²) in [5.74, 6) is -0.319. The first-order valence-electron chi connectivity index (χ1n) is 9.45. The van der Waals surface area contributed by atoms with Crippen LogP contribution in [0.1, 0.15) is 25.7 Å². The molecule has 0 unspecified atom stereocenters. The number of aliphatic hydroxyl groups is 1. The highest BCUT2D eigenvalue weighted by Crippen LogP contribution is 2.59. The van der Waals surface area contributed by atoms with Gasteiger partial charge in [0.1, 0.15) is 11.8 Å². The number of likely N-dealkylation sites (tertiary alicyclic amines) is 1. The van der Waals surface area contributed by atoms with Gasteiger partial charge in [-0.15, -0.1) is 0 Å². The summed E-state index contributed by atoms with van der Waals surface area (Å²) >= 11 is 0. The number of nitrogens with one attached hydrogen (secondary N) is 1. The van der Waals surface area contributed by atoms with E-state index in [9.17, 15) is 19.5 Å². The fourth-order valence-electron chi connectivity index (χ4n) is 3.85. The molecule has 1 saturated heterocycles. The number of amides is 2. The van der Waals surface area contributed by atoms with Crippen LogP contribution in [-0.4, -0.2) is 66.7 Å². The highest BCUT2D eigenvalue weighted by Gasteiger charge is 2.67. The van der Waals surface area contributed by atoms with Crippen LogP contribution in [0.15, 0.2) is 30.3 Å². The molecule has 0 aromatic heterocycles. The minimum atomic E-state index is -0.695. The van der Waals surface area contributed by atoms with E-state index >= 15 is 0 Å². The molecule has 2 N–H and O–H groups in total. The molecular formula is C20H26N2O6. The first-order valence-corrected chi connectivity index (χ1v) is 9.45. The van der Waals surface area contributed by atoms with Crippen molar-refractivity contribution in [1.29, 1.82) is 0 Å². The number of hydrogen-bond acceptors (Lipinski definition) is 6. The maximum Gasteiger partial charge on any atom is 0.328 e. The third-order valence-corrected chi connectivity index (χ3v) is 5.49. The van der Waals surface area contributed by atoms with Crippen molar-refractivity contribution in [2.75, 3.05) is 26.9 Å².